The minimum absolute atomic E-state index is 0.181. The Hall–Kier alpha value is -1.09. The second-order valence-electron chi connectivity index (χ2n) is 3.80. The molecule has 1 aliphatic rings. The maximum Gasteiger partial charge on any atom is 0.223 e. The van der Waals surface area contributed by atoms with Crippen molar-refractivity contribution in [3.05, 3.63) is 29.0 Å². The van der Waals surface area contributed by atoms with Crippen molar-refractivity contribution in [1.82, 2.24) is 10.3 Å². The normalized spacial score (nSPS) is 20.3. The highest BCUT2D eigenvalue weighted by molar-refractivity contribution is 6.29. The first-order valence-electron chi connectivity index (χ1n) is 5.14. The molecule has 0 bridgehead atoms. The molecule has 2 heterocycles. The van der Waals surface area contributed by atoms with Gasteiger partial charge in [-0.1, -0.05) is 17.7 Å². The van der Waals surface area contributed by atoms with Crippen molar-refractivity contribution in [1.29, 1.82) is 0 Å². The van der Waals surface area contributed by atoms with Crippen LogP contribution in [-0.2, 0) is 11.2 Å². The first-order valence-corrected chi connectivity index (χ1v) is 5.51. The number of aromatic nitrogens is 1. The molecule has 1 saturated heterocycles. The van der Waals surface area contributed by atoms with Gasteiger partial charge in [-0.3, -0.25) is 4.79 Å². The van der Waals surface area contributed by atoms with E-state index in [1.807, 2.05) is 6.07 Å². The van der Waals surface area contributed by atoms with E-state index in [0.29, 0.717) is 5.15 Å². The topological polar surface area (TPSA) is 42.0 Å². The van der Waals surface area contributed by atoms with E-state index in [2.05, 4.69) is 10.3 Å². The van der Waals surface area contributed by atoms with Gasteiger partial charge in [0.1, 0.15) is 5.15 Å². The summed E-state index contributed by atoms with van der Waals surface area (Å²) in [4.78, 5) is 15.3. The van der Waals surface area contributed by atoms with Gasteiger partial charge in [-0.15, -0.1) is 0 Å². The van der Waals surface area contributed by atoms with Gasteiger partial charge in [-0.25, -0.2) is 4.98 Å². The number of pyridine rings is 1. The van der Waals surface area contributed by atoms with E-state index in [0.717, 1.165) is 31.4 Å². The van der Waals surface area contributed by atoms with E-state index in [-0.39, 0.29) is 11.8 Å². The lowest BCUT2D eigenvalue weighted by molar-refractivity contribution is -0.122. The molecule has 0 aromatic carbocycles. The standard InChI is InChI=1S/C11H13ClN2O/c12-10-4-2-8(7-14-10)1-3-9-5-6-13-11(9)15/h2,4,7,9H,1,3,5-6H2,(H,13,15). The number of nitrogens with zero attached hydrogens (tertiary/aromatic N) is 1. The smallest absolute Gasteiger partial charge is 0.223 e. The zero-order valence-corrected chi connectivity index (χ0v) is 9.13. The van der Waals surface area contributed by atoms with E-state index >= 15 is 0 Å². The summed E-state index contributed by atoms with van der Waals surface area (Å²) in [6.07, 6.45) is 4.52. The summed E-state index contributed by atoms with van der Waals surface area (Å²) >= 11 is 5.69. The number of carbonyl (C=O) groups is 1. The van der Waals surface area contributed by atoms with Crippen LogP contribution in [0, 0.1) is 5.92 Å². The van der Waals surface area contributed by atoms with Gasteiger partial charge in [0.25, 0.3) is 0 Å². The lowest BCUT2D eigenvalue weighted by atomic mass is 9.99. The summed E-state index contributed by atoms with van der Waals surface area (Å²) in [7, 11) is 0. The number of carbonyl (C=O) groups excluding carboxylic acids is 1. The Bertz CT molecular complexity index is 350. The summed E-state index contributed by atoms with van der Waals surface area (Å²) < 4.78 is 0. The summed E-state index contributed by atoms with van der Waals surface area (Å²) in [5.41, 5.74) is 1.14. The molecule has 0 radical (unpaired) electrons. The van der Waals surface area contributed by atoms with Gasteiger partial charge in [-0.2, -0.15) is 0 Å². The lowest BCUT2D eigenvalue weighted by Crippen LogP contribution is -2.19. The van der Waals surface area contributed by atoms with Gasteiger partial charge in [-0.05, 0) is 30.9 Å². The third-order valence-corrected chi connectivity index (χ3v) is 2.96. The third-order valence-electron chi connectivity index (χ3n) is 2.73. The molecule has 1 unspecified atom stereocenters. The Morgan fingerprint density at radius 2 is 2.40 bits per heavy atom. The fraction of sp³-hybridized carbons (Fsp3) is 0.455. The molecule has 4 heteroatoms. The highest BCUT2D eigenvalue weighted by atomic mass is 35.5. The Morgan fingerprint density at radius 1 is 1.53 bits per heavy atom. The fourth-order valence-corrected chi connectivity index (χ4v) is 1.93. The van der Waals surface area contributed by atoms with Gasteiger partial charge < -0.3 is 5.32 Å². The molecule has 1 N–H and O–H groups in total. The van der Waals surface area contributed by atoms with Crippen molar-refractivity contribution >= 4 is 17.5 Å². The monoisotopic (exact) mass is 224 g/mol. The molecule has 0 aliphatic carbocycles. The van der Waals surface area contributed by atoms with Gasteiger partial charge >= 0.3 is 0 Å². The van der Waals surface area contributed by atoms with E-state index in [4.69, 9.17) is 11.6 Å². The maximum absolute atomic E-state index is 11.3. The molecule has 1 amide bonds. The van der Waals surface area contributed by atoms with Gasteiger partial charge in [0.05, 0.1) is 0 Å². The number of amides is 1. The molecule has 1 aromatic rings. The molecule has 1 aromatic heterocycles. The number of aryl methyl sites for hydroxylation is 1. The summed E-state index contributed by atoms with van der Waals surface area (Å²) in [6, 6.07) is 3.74. The molecular weight excluding hydrogens is 212 g/mol. The van der Waals surface area contributed by atoms with Crippen molar-refractivity contribution in [2.24, 2.45) is 5.92 Å². The van der Waals surface area contributed by atoms with E-state index < -0.39 is 0 Å². The van der Waals surface area contributed by atoms with Crippen LogP contribution in [0.15, 0.2) is 18.3 Å². The fourth-order valence-electron chi connectivity index (χ4n) is 1.82. The van der Waals surface area contributed by atoms with Crippen LogP contribution in [0.4, 0.5) is 0 Å². The van der Waals surface area contributed by atoms with Crippen molar-refractivity contribution < 1.29 is 4.79 Å². The molecule has 3 nitrogen and oxygen atoms in total. The van der Waals surface area contributed by atoms with Crippen LogP contribution in [0.2, 0.25) is 5.15 Å². The van der Waals surface area contributed by atoms with Crippen LogP contribution in [-0.4, -0.2) is 17.4 Å². The Balaban J connectivity index is 1.87. The number of hydrogen-bond acceptors (Lipinski definition) is 2. The highest BCUT2D eigenvalue weighted by Crippen LogP contribution is 2.17. The molecule has 80 valence electrons. The number of hydrogen-bond donors (Lipinski definition) is 1. The Kier molecular flexibility index (Phi) is 3.21. The predicted octanol–water partition coefficient (Wildman–Crippen LogP) is 1.80. The highest BCUT2D eigenvalue weighted by Gasteiger charge is 2.23. The van der Waals surface area contributed by atoms with Crippen molar-refractivity contribution in [3.63, 3.8) is 0 Å². The Morgan fingerprint density at radius 3 is 3.00 bits per heavy atom. The average Bonchev–Trinajstić information content (AvgIpc) is 2.63. The molecule has 0 spiro atoms. The molecule has 1 atom stereocenters. The van der Waals surface area contributed by atoms with Crippen molar-refractivity contribution in [2.45, 2.75) is 19.3 Å². The van der Waals surface area contributed by atoms with Crippen LogP contribution in [0.25, 0.3) is 0 Å². The van der Waals surface area contributed by atoms with Crippen LogP contribution in [0.5, 0.6) is 0 Å². The molecular formula is C11H13ClN2O. The molecule has 0 saturated carbocycles. The molecule has 1 aliphatic heterocycles. The first kappa shape index (κ1) is 10.4. The summed E-state index contributed by atoms with van der Waals surface area (Å²) in [5.74, 6) is 0.373. The quantitative estimate of drug-likeness (QED) is 0.796. The van der Waals surface area contributed by atoms with Crippen molar-refractivity contribution in [3.8, 4) is 0 Å². The molecule has 2 rings (SSSR count). The summed E-state index contributed by atoms with van der Waals surface area (Å²) in [6.45, 7) is 0.822. The van der Waals surface area contributed by atoms with Gasteiger partial charge in [0.15, 0.2) is 0 Å². The number of halogens is 1. The van der Waals surface area contributed by atoms with Crippen LogP contribution < -0.4 is 5.32 Å². The maximum atomic E-state index is 11.3. The Labute approximate surface area is 93.8 Å². The zero-order valence-electron chi connectivity index (χ0n) is 8.37. The van der Waals surface area contributed by atoms with Crippen LogP contribution >= 0.6 is 11.6 Å². The molecule has 1 fully saturated rings. The predicted molar refractivity (Wildman–Crippen MR) is 58.7 cm³/mol. The van der Waals surface area contributed by atoms with E-state index in [9.17, 15) is 4.79 Å². The summed E-state index contributed by atoms with van der Waals surface area (Å²) in [5, 5.41) is 3.35. The largest absolute Gasteiger partial charge is 0.356 e. The SMILES string of the molecule is O=C1NCCC1CCc1ccc(Cl)nc1. The number of nitrogens with one attached hydrogen (secondary N) is 1. The van der Waals surface area contributed by atoms with Gasteiger partial charge in [0, 0.05) is 18.7 Å². The van der Waals surface area contributed by atoms with E-state index in [1.165, 1.54) is 0 Å². The van der Waals surface area contributed by atoms with Crippen LogP contribution in [0.1, 0.15) is 18.4 Å². The average molecular weight is 225 g/mol. The molecule has 15 heavy (non-hydrogen) atoms. The zero-order chi connectivity index (χ0) is 10.7. The first-order chi connectivity index (χ1) is 7.25. The minimum Gasteiger partial charge on any atom is -0.356 e. The lowest BCUT2D eigenvalue weighted by Gasteiger charge is -2.05. The van der Waals surface area contributed by atoms with Crippen molar-refractivity contribution in [2.75, 3.05) is 6.54 Å². The second-order valence-corrected chi connectivity index (χ2v) is 4.19. The third kappa shape index (κ3) is 2.69. The van der Waals surface area contributed by atoms with Gasteiger partial charge in [0.2, 0.25) is 5.91 Å². The second kappa shape index (κ2) is 4.62. The van der Waals surface area contributed by atoms with E-state index in [1.54, 1.807) is 12.3 Å². The minimum atomic E-state index is 0.181. The number of rotatable bonds is 3. The van der Waals surface area contributed by atoms with Crippen LogP contribution in [0.3, 0.4) is 0 Å².